The predicted molar refractivity (Wildman–Crippen MR) is 97.7 cm³/mol. The van der Waals surface area contributed by atoms with Gasteiger partial charge in [-0.3, -0.25) is 4.79 Å². The quantitative estimate of drug-likeness (QED) is 0.788. The van der Waals surface area contributed by atoms with Crippen molar-refractivity contribution in [1.82, 2.24) is 4.90 Å². The van der Waals surface area contributed by atoms with Gasteiger partial charge in [-0.1, -0.05) is 18.9 Å². The number of piperidine rings is 1. The molecule has 1 aliphatic carbocycles. The number of carbonyl (C=O) groups excluding carboxylic acids is 2. The monoisotopic (exact) mass is 344 g/mol. The minimum atomic E-state index is -0.436. The van der Waals surface area contributed by atoms with Crippen LogP contribution >= 0.6 is 0 Å². The number of hydrogen-bond acceptors (Lipinski definition) is 4. The average molecular weight is 344 g/mol. The van der Waals surface area contributed by atoms with E-state index in [9.17, 15) is 9.59 Å². The Morgan fingerprint density at radius 1 is 1.16 bits per heavy atom. The Hall–Kier alpha value is -2.04. The van der Waals surface area contributed by atoms with Crippen LogP contribution in [-0.4, -0.2) is 50.1 Å². The molecule has 0 bridgehead atoms. The van der Waals surface area contributed by atoms with Crippen molar-refractivity contribution in [2.24, 2.45) is 5.92 Å². The van der Waals surface area contributed by atoms with E-state index in [2.05, 4.69) is 0 Å². The second-order valence-electron chi connectivity index (χ2n) is 7.36. The van der Waals surface area contributed by atoms with Gasteiger partial charge in [-0.2, -0.15) is 0 Å². The molecule has 136 valence electrons. The molecule has 0 spiro atoms. The second kappa shape index (κ2) is 7.89. The summed E-state index contributed by atoms with van der Waals surface area (Å²) in [6.45, 7) is 0.641. The maximum Gasteiger partial charge on any atom is 0.338 e. The Labute approximate surface area is 149 Å². The smallest absolute Gasteiger partial charge is 0.338 e. The number of carbonyl (C=O) groups is 2. The molecule has 0 radical (unpaired) electrons. The van der Waals surface area contributed by atoms with Crippen molar-refractivity contribution in [2.45, 2.75) is 44.6 Å². The lowest BCUT2D eigenvalue weighted by Crippen LogP contribution is -2.50. The number of esters is 1. The number of anilines is 1. The van der Waals surface area contributed by atoms with Gasteiger partial charge < -0.3 is 14.5 Å². The predicted octanol–water partition coefficient (Wildman–Crippen LogP) is 3.09. The van der Waals surface area contributed by atoms with Gasteiger partial charge in [0.1, 0.15) is 0 Å². The molecule has 2 fully saturated rings. The lowest BCUT2D eigenvalue weighted by Gasteiger charge is -2.44. The molecule has 1 aliphatic heterocycles. The fraction of sp³-hybridized carbons (Fsp3) is 0.600. The maximum absolute atomic E-state index is 12.6. The van der Waals surface area contributed by atoms with Gasteiger partial charge in [-0.25, -0.2) is 4.79 Å². The fourth-order valence-corrected chi connectivity index (χ4v) is 4.14. The van der Waals surface area contributed by atoms with Crippen molar-refractivity contribution in [1.29, 1.82) is 0 Å². The maximum atomic E-state index is 12.6. The van der Waals surface area contributed by atoms with Crippen molar-refractivity contribution in [2.75, 3.05) is 32.1 Å². The van der Waals surface area contributed by atoms with Crippen LogP contribution in [0.25, 0.3) is 0 Å². The second-order valence-corrected chi connectivity index (χ2v) is 7.36. The van der Waals surface area contributed by atoms with E-state index in [1.807, 2.05) is 36.0 Å². The van der Waals surface area contributed by atoms with E-state index in [1.165, 1.54) is 25.7 Å². The molecule has 5 nitrogen and oxygen atoms in total. The average Bonchev–Trinajstić information content (AvgIpc) is 2.65. The van der Waals surface area contributed by atoms with E-state index in [-0.39, 0.29) is 12.5 Å². The molecule has 2 aliphatic rings. The molecule has 0 unspecified atom stereocenters. The van der Waals surface area contributed by atoms with Crippen molar-refractivity contribution in [3.05, 3.63) is 29.8 Å². The first kappa shape index (κ1) is 17.8. The summed E-state index contributed by atoms with van der Waals surface area (Å²) in [6.07, 6.45) is 7.08. The first-order chi connectivity index (χ1) is 12.1. The summed E-state index contributed by atoms with van der Waals surface area (Å²) in [4.78, 5) is 28.8. The van der Waals surface area contributed by atoms with Crippen LogP contribution in [0.15, 0.2) is 24.3 Å². The minimum Gasteiger partial charge on any atom is -0.452 e. The van der Waals surface area contributed by atoms with Gasteiger partial charge >= 0.3 is 5.97 Å². The Morgan fingerprint density at radius 3 is 2.72 bits per heavy atom. The molecule has 0 N–H and O–H groups in total. The number of likely N-dealkylation sites (tertiary alicyclic amines) is 1. The van der Waals surface area contributed by atoms with Crippen molar-refractivity contribution in [3.8, 4) is 0 Å². The van der Waals surface area contributed by atoms with E-state index in [1.54, 1.807) is 12.1 Å². The van der Waals surface area contributed by atoms with Crippen LogP contribution in [0.1, 0.15) is 48.9 Å². The number of fused-ring (bicyclic) bond motifs is 1. The van der Waals surface area contributed by atoms with Gasteiger partial charge in [0.15, 0.2) is 6.61 Å². The minimum absolute atomic E-state index is 0.0475. The molecule has 5 heteroatoms. The molecule has 1 amide bonds. The summed E-state index contributed by atoms with van der Waals surface area (Å²) in [5.74, 6) is 0.155. The highest BCUT2D eigenvalue weighted by Gasteiger charge is 2.35. The van der Waals surface area contributed by atoms with E-state index in [0.717, 1.165) is 25.1 Å². The molecule has 1 saturated heterocycles. The summed E-state index contributed by atoms with van der Waals surface area (Å²) in [6, 6.07) is 7.61. The van der Waals surface area contributed by atoms with E-state index in [0.29, 0.717) is 17.5 Å². The highest BCUT2D eigenvalue weighted by molar-refractivity contribution is 5.92. The Bertz CT molecular complexity index is 627. The van der Waals surface area contributed by atoms with Crippen LogP contribution in [0.3, 0.4) is 0 Å². The number of amides is 1. The molecule has 1 heterocycles. The lowest BCUT2D eigenvalue weighted by molar-refractivity contribution is -0.140. The molecule has 3 rings (SSSR count). The summed E-state index contributed by atoms with van der Waals surface area (Å²) in [5, 5.41) is 0. The first-order valence-corrected chi connectivity index (χ1v) is 9.30. The van der Waals surface area contributed by atoms with Gasteiger partial charge in [0.05, 0.1) is 5.56 Å². The zero-order chi connectivity index (χ0) is 17.8. The van der Waals surface area contributed by atoms with E-state index in [4.69, 9.17) is 4.74 Å². The molecule has 25 heavy (non-hydrogen) atoms. The summed E-state index contributed by atoms with van der Waals surface area (Å²) < 4.78 is 5.31. The van der Waals surface area contributed by atoms with Crippen molar-refractivity contribution in [3.63, 3.8) is 0 Å². The fourth-order valence-electron chi connectivity index (χ4n) is 4.14. The van der Waals surface area contributed by atoms with Gasteiger partial charge in [0.2, 0.25) is 0 Å². The SMILES string of the molecule is CN(C)c1cccc(C(=O)OCC(=O)N2CCC[C@@H]3CCCC[C@@H]32)c1. The standard InChI is InChI=1S/C20H28N2O3/c1-21(2)17-10-5-8-16(13-17)20(24)25-14-19(23)22-12-6-9-15-7-3-4-11-18(15)22/h5,8,10,13,15,18H,3-4,6-7,9,11-12,14H2,1-2H3/t15-,18-/m0/s1. The number of benzene rings is 1. The zero-order valence-corrected chi connectivity index (χ0v) is 15.2. The van der Waals surface area contributed by atoms with E-state index >= 15 is 0 Å². The van der Waals surface area contributed by atoms with Gasteiger partial charge in [0, 0.05) is 32.4 Å². The van der Waals surface area contributed by atoms with Crippen LogP contribution in [0.2, 0.25) is 0 Å². The van der Waals surface area contributed by atoms with Gasteiger partial charge in [0.25, 0.3) is 5.91 Å². The number of hydrogen-bond donors (Lipinski definition) is 0. The topological polar surface area (TPSA) is 49.9 Å². The Kier molecular flexibility index (Phi) is 5.61. The Morgan fingerprint density at radius 2 is 1.92 bits per heavy atom. The molecule has 1 saturated carbocycles. The van der Waals surface area contributed by atoms with Gasteiger partial charge in [-0.15, -0.1) is 0 Å². The van der Waals surface area contributed by atoms with Crippen molar-refractivity contribution >= 4 is 17.6 Å². The largest absolute Gasteiger partial charge is 0.452 e. The van der Waals surface area contributed by atoms with Crippen LogP contribution < -0.4 is 4.90 Å². The lowest BCUT2D eigenvalue weighted by atomic mass is 9.78. The zero-order valence-electron chi connectivity index (χ0n) is 15.2. The third kappa shape index (κ3) is 4.14. The highest BCUT2D eigenvalue weighted by Crippen LogP contribution is 2.35. The Balaban J connectivity index is 1.58. The molecular formula is C20H28N2O3. The molecule has 1 aromatic rings. The number of ether oxygens (including phenoxy) is 1. The molecule has 0 aromatic heterocycles. The van der Waals surface area contributed by atoms with Crippen molar-refractivity contribution < 1.29 is 14.3 Å². The van der Waals surface area contributed by atoms with Crippen LogP contribution in [0.4, 0.5) is 5.69 Å². The molecule has 2 atom stereocenters. The number of nitrogens with zero attached hydrogens (tertiary/aromatic N) is 2. The highest BCUT2D eigenvalue weighted by atomic mass is 16.5. The summed E-state index contributed by atoms with van der Waals surface area (Å²) in [7, 11) is 3.84. The van der Waals surface area contributed by atoms with E-state index < -0.39 is 5.97 Å². The van der Waals surface area contributed by atoms with Gasteiger partial charge in [-0.05, 0) is 49.8 Å². The normalized spacial score (nSPS) is 22.9. The van der Waals surface area contributed by atoms with Crippen LogP contribution in [-0.2, 0) is 9.53 Å². The summed E-state index contributed by atoms with van der Waals surface area (Å²) >= 11 is 0. The third-order valence-electron chi connectivity index (χ3n) is 5.49. The van der Waals surface area contributed by atoms with Crippen LogP contribution in [0, 0.1) is 5.92 Å². The van der Waals surface area contributed by atoms with Crippen LogP contribution in [0.5, 0.6) is 0 Å². The molecule has 1 aromatic carbocycles. The number of rotatable bonds is 4. The summed E-state index contributed by atoms with van der Waals surface area (Å²) in [5.41, 5.74) is 1.41. The molecular weight excluding hydrogens is 316 g/mol. The first-order valence-electron chi connectivity index (χ1n) is 9.30. The third-order valence-corrected chi connectivity index (χ3v) is 5.49.